The largest absolute Gasteiger partial charge is 0.351 e. The fourth-order valence-electron chi connectivity index (χ4n) is 3.21. The van der Waals surface area contributed by atoms with E-state index in [0.717, 1.165) is 41.3 Å². The molecular weight excluding hydrogens is 364 g/mol. The number of carbonyl (C=O) groups is 1. The molecule has 1 aromatic carbocycles. The van der Waals surface area contributed by atoms with Crippen molar-refractivity contribution in [3.8, 4) is 0 Å². The highest BCUT2D eigenvalue weighted by molar-refractivity contribution is 8.00. The van der Waals surface area contributed by atoms with E-state index < -0.39 is 0 Å². The highest BCUT2D eigenvalue weighted by atomic mass is 32.2. The van der Waals surface area contributed by atoms with Crippen molar-refractivity contribution >= 4 is 39.2 Å². The zero-order valence-electron chi connectivity index (χ0n) is 14.3. The molecule has 0 spiro atoms. The minimum atomic E-state index is 0.0740. The summed E-state index contributed by atoms with van der Waals surface area (Å²) in [4.78, 5) is 23.3. The molecule has 1 saturated heterocycles. The summed E-state index contributed by atoms with van der Waals surface area (Å²) in [7, 11) is 0. The third-order valence-corrected chi connectivity index (χ3v) is 6.47. The average Bonchev–Trinajstić information content (AvgIpc) is 3.30. The standard InChI is InChI=1S/C19H20N4OS2/c24-17(12-26-19-18-16(7-9-25-18)20-13-21-19)22-15-6-8-23(11-15)10-14-4-2-1-3-5-14/h1-5,7,9,13,15H,6,8,10-12H2,(H,22,24). The average molecular weight is 385 g/mol. The van der Waals surface area contributed by atoms with Crippen LogP contribution in [0.4, 0.5) is 0 Å². The molecule has 3 aromatic rings. The molecule has 1 atom stereocenters. The molecule has 5 nitrogen and oxygen atoms in total. The van der Waals surface area contributed by atoms with Gasteiger partial charge >= 0.3 is 0 Å². The van der Waals surface area contributed by atoms with Gasteiger partial charge in [-0.25, -0.2) is 9.97 Å². The van der Waals surface area contributed by atoms with E-state index >= 15 is 0 Å². The molecule has 1 aliphatic heterocycles. The van der Waals surface area contributed by atoms with Crippen LogP contribution in [0.2, 0.25) is 0 Å². The number of nitrogens with one attached hydrogen (secondary N) is 1. The fraction of sp³-hybridized carbons (Fsp3) is 0.316. The van der Waals surface area contributed by atoms with Gasteiger partial charge in [0.25, 0.3) is 0 Å². The van der Waals surface area contributed by atoms with Crippen LogP contribution < -0.4 is 5.32 Å². The maximum atomic E-state index is 12.3. The number of hydrogen-bond acceptors (Lipinski definition) is 6. The molecule has 134 valence electrons. The van der Waals surface area contributed by atoms with E-state index in [1.807, 2.05) is 17.5 Å². The molecule has 1 amide bonds. The molecule has 0 aliphatic carbocycles. The maximum Gasteiger partial charge on any atom is 0.230 e. The minimum absolute atomic E-state index is 0.0740. The summed E-state index contributed by atoms with van der Waals surface area (Å²) in [6, 6.07) is 12.7. The molecule has 1 aliphatic rings. The first-order valence-electron chi connectivity index (χ1n) is 8.64. The molecule has 0 saturated carbocycles. The van der Waals surface area contributed by atoms with Crippen LogP contribution in [-0.2, 0) is 11.3 Å². The molecule has 0 radical (unpaired) electrons. The molecule has 2 aromatic heterocycles. The third-order valence-electron chi connectivity index (χ3n) is 4.44. The first-order valence-corrected chi connectivity index (χ1v) is 10.5. The van der Waals surface area contributed by atoms with Crippen LogP contribution >= 0.6 is 23.1 Å². The van der Waals surface area contributed by atoms with Gasteiger partial charge in [0.1, 0.15) is 11.4 Å². The van der Waals surface area contributed by atoms with Crippen LogP contribution in [0.1, 0.15) is 12.0 Å². The van der Waals surface area contributed by atoms with Crippen LogP contribution in [0.3, 0.4) is 0 Å². The Bertz CT molecular complexity index is 883. The number of benzene rings is 1. The van der Waals surface area contributed by atoms with Gasteiger partial charge in [-0.1, -0.05) is 42.1 Å². The Balaban J connectivity index is 1.26. The van der Waals surface area contributed by atoms with E-state index in [2.05, 4.69) is 44.5 Å². The van der Waals surface area contributed by atoms with Crippen molar-refractivity contribution in [1.82, 2.24) is 20.2 Å². The molecule has 3 heterocycles. The molecule has 26 heavy (non-hydrogen) atoms. The number of thiophene rings is 1. The zero-order chi connectivity index (χ0) is 17.8. The van der Waals surface area contributed by atoms with Crippen molar-refractivity contribution in [1.29, 1.82) is 0 Å². The number of hydrogen-bond donors (Lipinski definition) is 1. The van der Waals surface area contributed by atoms with Crippen LogP contribution in [-0.4, -0.2) is 45.7 Å². The molecular formula is C19H20N4OS2. The van der Waals surface area contributed by atoms with Crippen molar-refractivity contribution in [2.75, 3.05) is 18.8 Å². The lowest BCUT2D eigenvalue weighted by Crippen LogP contribution is -2.38. The number of likely N-dealkylation sites (tertiary alicyclic amines) is 1. The van der Waals surface area contributed by atoms with Gasteiger partial charge in [0, 0.05) is 25.7 Å². The van der Waals surface area contributed by atoms with Gasteiger partial charge in [-0.05, 0) is 23.4 Å². The Morgan fingerprint density at radius 1 is 1.27 bits per heavy atom. The lowest BCUT2D eigenvalue weighted by molar-refractivity contribution is -0.119. The Kier molecular flexibility index (Phi) is 5.48. The number of amides is 1. The number of thioether (sulfide) groups is 1. The van der Waals surface area contributed by atoms with E-state index in [-0.39, 0.29) is 11.9 Å². The summed E-state index contributed by atoms with van der Waals surface area (Å²) in [6.45, 7) is 2.88. The third kappa shape index (κ3) is 4.23. The van der Waals surface area contributed by atoms with Gasteiger partial charge in [0.2, 0.25) is 5.91 Å². The summed E-state index contributed by atoms with van der Waals surface area (Å²) >= 11 is 3.10. The number of rotatable bonds is 6. The maximum absolute atomic E-state index is 12.3. The zero-order valence-corrected chi connectivity index (χ0v) is 15.9. The summed E-state index contributed by atoms with van der Waals surface area (Å²) in [6.07, 6.45) is 2.57. The van der Waals surface area contributed by atoms with Crippen molar-refractivity contribution in [2.24, 2.45) is 0 Å². The van der Waals surface area contributed by atoms with Crippen LogP contribution in [0.25, 0.3) is 10.2 Å². The number of nitrogens with zero attached hydrogens (tertiary/aromatic N) is 3. The monoisotopic (exact) mass is 384 g/mol. The lowest BCUT2D eigenvalue weighted by atomic mass is 10.2. The summed E-state index contributed by atoms with van der Waals surface area (Å²) in [5.41, 5.74) is 2.26. The Labute approximate surface area is 160 Å². The van der Waals surface area contributed by atoms with Gasteiger partial charge < -0.3 is 5.32 Å². The molecule has 4 rings (SSSR count). The predicted molar refractivity (Wildman–Crippen MR) is 106 cm³/mol. The van der Waals surface area contributed by atoms with Crippen LogP contribution in [0.15, 0.2) is 53.1 Å². The highest BCUT2D eigenvalue weighted by Gasteiger charge is 2.23. The van der Waals surface area contributed by atoms with Crippen molar-refractivity contribution in [3.63, 3.8) is 0 Å². The lowest BCUT2D eigenvalue weighted by Gasteiger charge is -2.16. The van der Waals surface area contributed by atoms with E-state index in [0.29, 0.717) is 5.75 Å². The quantitative estimate of drug-likeness (QED) is 0.523. The number of fused-ring (bicyclic) bond motifs is 1. The van der Waals surface area contributed by atoms with Crippen LogP contribution in [0.5, 0.6) is 0 Å². The minimum Gasteiger partial charge on any atom is -0.351 e. The SMILES string of the molecule is O=C(CSc1ncnc2ccsc12)NC1CCN(Cc2ccccc2)C1. The normalized spacial score (nSPS) is 17.6. The second-order valence-electron chi connectivity index (χ2n) is 6.38. The van der Waals surface area contributed by atoms with E-state index in [9.17, 15) is 4.79 Å². The molecule has 1 unspecified atom stereocenters. The second-order valence-corrected chi connectivity index (χ2v) is 8.26. The van der Waals surface area contributed by atoms with Gasteiger partial charge in [-0.3, -0.25) is 9.69 Å². The highest BCUT2D eigenvalue weighted by Crippen LogP contribution is 2.28. The number of aromatic nitrogens is 2. The van der Waals surface area contributed by atoms with Gasteiger partial charge in [-0.15, -0.1) is 11.3 Å². The smallest absolute Gasteiger partial charge is 0.230 e. The molecule has 0 bridgehead atoms. The number of carbonyl (C=O) groups excluding carboxylic acids is 1. The van der Waals surface area contributed by atoms with E-state index in [1.54, 1.807) is 17.7 Å². The summed E-state index contributed by atoms with van der Waals surface area (Å²) in [5, 5.41) is 6.05. The summed E-state index contributed by atoms with van der Waals surface area (Å²) in [5.74, 6) is 0.462. The molecule has 1 N–H and O–H groups in total. The first kappa shape index (κ1) is 17.5. The molecule has 7 heteroatoms. The Morgan fingerprint density at radius 3 is 3.04 bits per heavy atom. The van der Waals surface area contributed by atoms with Gasteiger partial charge in [0.15, 0.2) is 0 Å². The van der Waals surface area contributed by atoms with Crippen molar-refractivity contribution in [2.45, 2.75) is 24.0 Å². The van der Waals surface area contributed by atoms with E-state index in [4.69, 9.17) is 0 Å². The van der Waals surface area contributed by atoms with Crippen molar-refractivity contribution < 1.29 is 4.79 Å². The predicted octanol–water partition coefficient (Wildman–Crippen LogP) is 3.17. The fourth-order valence-corrected chi connectivity index (χ4v) is 4.97. The van der Waals surface area contributed by atoms with Gasteiger partial charge in [0.05, 0.1) is 16.0 Å². The Hall–Kier alpha value is -1.96. The second kappa shape index (κ2) is 8.16. The van der Waals surface area contributed by atoms with Crippen molar-refractivity contribution in [3.05, 3.63) is 53.7 Å². The first-order chi connectivity index (χ1) is 12.8. The molecule has 1 fully saturated rings. The topological polar surface area (TPSA) is 58.1 Å². The summed E-state index contributed by atoms with van der Waals surface area (Å²) < 4.78 is 1.06. The van der Waals surface area contributed by atoms with E-state index in [1.165, 1.54) is 17.3 Å². The Morgan fingerprint density at radius 2 is 2.15 bits per heavy atom. The van der Waals surface area contributed by atoms with Gasteiger partial charge in [-0.2, -0.15) is 0 Å². The van der Waals surface area contributed by atoms with Crippen LogP contribution in [0, 0.1) is 0 Å².